The number of halogens is 3. The lowest BCUT2D eigenvalue weighted by Crippen LogP contribution is -2.35. The van der Waals surface area contributed by atoms with Crippen LogP contribution in [0.25, 0.3) is 10.6 Å². The van der Waals surface area contributed by atoms with Gasteiger partial charge in [-0.2, -0.15) is 13.2 Å². The molecule has 180 valence electrons. The highest BCUT2D eigenvalue weighted by atomic mass is 32.1. The van der Waals surface area contributed by atoms with Gasteiger partial charge in [0.15, 0.2) is 0 Å². The highest BCUT2D eigenvalue weighted by molar-refractivity contribution is 7.15. The number of nitrogens with one attached hydrogen (secondary N) is 1. The van der Waals surface area contributed by atoms with Crippen LogP contribution >= 0.6 is 11.3 Å². The Morgan fingerprint density at radius 2 is 1.85 bits per heavy atom. The Morgan fingerprint density at radius 3 is 2.53 bits per heavy atom. The van der Waals surface area contributed by atoms with Gasteiger partial charge in [0.05, 0.1) is 22.1 Å². The topological polar surface area (TPSA) is 108 Å². The summed E-state index contributed by atoms with van der Waals surface area (Å²) in [4.78, 5) is 24.7. The maximum absolute atomic E-state index is 13.0. The minimum atomic E-state index is -4.47. The summed E-state index contributed by atoms with van der Waals surface area (Å²) in [6.07, 6.45) is 0.446. The molecule has 11 heteroatoms. The number of aliphatic hydroxyl groups is 1. The number of aromatic nitrogens is 3. The fourth-order valence-corrected chi connectivity index (χ4v) is 5.16. The number of nitrogens with zero attached hydrogens (tertiary/aromatic N) is 3. The summed E-state index contributed by atoms with van der Waals surface area (Å²) in [5, 5.41) is 23.7. The van der Waals surface area contributed by atoms with Gasteiger partial charge in [0.2, 0.25) is 0 Å². The highest BCUT2D eigenvalue weighted by Gasteiger charge is 2.40. The molecular formula is C23H23F3N4O3S. The van der Waals surface area contributed by atoms with Crippen molar-refractivity contribution < 1.29 is 28.2 Å². The molecule has 1 aliphatic rings. The summed E-state index contributed by atoms with van der Waals surface area (Å²) in [6.45, 7) is 1.70. The second kappa shape index (κ2) is 9.30. The predicted octanol–water partition coefficient (Wildman–Crippen LogP) is 5.46. The summed E-state index contributed by atoms with van der Waals surface area (Å²) in [6, 6.07) is 6.88. The Kier molecular flexibility index (Phi) is 6.59. The molecule has 4 rings (SSSR count). The first-order chi connectivity index (χ1) is 16.0. The lowest BCUT2D eigenvalue weighted by molar-refractivity contribution is -0.144. The molecule has 3 aromatic heterocycles. The maximum atomic E-state index is 13.0. The molecule has 0 aliphatic heterocycles. The number of carboxylic acids is 1. The van der Waals surface area contributed by atoms with Gasteiger partial charge in [-0.05, 0) is 62.8 Å². The maximum Gasteiger partial charge on any atom is 0.416 e. The minimum absolute atomic E-state index is 0.0179. The van der Waals surface area contributed by atoms with Crippen molar-refractivity contribution in [2.24, 2.45) is 11.8 Å². The van der Waals surface area contributed by atoms with E-state index in [4.69, 9.17) is 0 Å². The number of alkyl halides is 3. The number of pyridine rings is 2. The summed E-state index contributed by atoms with van der Waals surface area (Å²) in [7, 11) is 0. The lowest BCUT2D eigenvalue weighted by atomic mass is 9.74. The number of hydrogen-bond donors (Lipinski definition) is 3. The van der Waals surface area contributed by atoms with Crippen LogP contribution in [0.5, 0.6) is 0 Å². The monoisotopic (exact) mass is 492 g/mol. The molecule has 7 nitrogen and oxygen atoms in total. The van der Waals surface area contributed by atoms with E-state index in [0.717, 1.165) is 18.3 Å². The first-order valence-corrected chi connectivity index (χ1v) is 11.5. The van der Waals surface area contributed by atoms with E-state index in [0.29, 0.717) is 47.1 Å². The zero-order valence-electron chi connectivity index (χ0n) is 18.2. The van der Waals surface area contributed by atoms with Crippen LogP contribution in [0.2, 0.25) is 0 Å². The molecule has 1 atom stereocenters. The van der Waals surface area contributed by atoms with Crippen molar-refractivity contribution in [3.8, 4) is 10.6 Å². The molecule has 0 unspecified atom stereocenters. The molecule has 34 heavy (non-hydrogen) atoms. The van der Waals surface area contributed by atoms with Crippen LogP contribution in [0.3, 0.4) is 0 Å². The van der Waals surface area contributed by atoms with Crippen LogP contribution in [0.1, 0.15) is 43.2 Å². The molecule has 0 bridgehead atoms. The zero-order chi connectivity index (χ0) is 24.5. The first-order valence-electron chi connectivity index (χ1n) is 10.7. The van der Waals surface area contributed by atoms with Gasteiger partial charge in [0, 0.05) is 12.4 Å². The third-order valence-corrected chi connectivity index (χ3v) is 7.40. The van der Waals surface area contributed by atoms with Gasteiger partial charge in [0.1, 0.15) is 22.2 Å². The lowest BCUT2D eigenvalue weighted by Gasteiger charge is -2.35. The predicted molar refractivity (Wildman–Crippen MR) is 121 cm³/mol. The summed E-state index contributed by atoms with van der Waals surface area (Å²) in [5.74, 6) is -0.934. The smallest absolute Gasteiger partial charge is 0.416 e. The molecular weight excluding hydrogens is 469 g/mol. The average Bonchev–Trinajstić information content (AvgIpc) is 3.30. The largest absolute Gasteiger partial charge is 0.481 e. The van der Waals surface area contributed by atoms with Crippen molar-refractivity contribution in [3.63, 3.8) is 0 Å². The number of carboxylic acid groups (broad SMARTS) is 1. The first kappa shape index (κ1) is 24.1. The van der Waals surface area contributed by atoms with E-state index in [1.165, 1.54) is 11.3 Å². The number of hydrogen-bond acceptors (Lipinski definition) is 7. The van der Waals surface area contributed by atoms with Crippen LogP contribution in [0, 0.1) is 11.8 Å². The Balaban J connectivity index is 1.50. The van der Waals surface area contributed by atoms with Gasteiger partial charge in [-0.15, -0.1) is 11.3 Å². The standard InChI is InChI=1S/C23H23F3N4O3S/c1-22(33,14-7-5-13(6-8-14)20(31)32)21-28-12-17(34-21)16-3-2-4-18(29-16)30-19-11-15(9-10-27-19)23(24,25)26/h2-4,9-14,33H,5-8H2,1H3,(H,31,32)(H,27,29,30)/t13-,14-,22-/m0/s1. The third kappa shape index (κ3) is 5.20. The third-order valence-electron chi connectivity index (χ3n) is 6.15. The number of thiazole rings is 1. The normalized spacial score (nSPS) is 20.5. The van der Waals surface area contributed by atoms with Crippen molar-refractivity contribution in [2.45, 2.75) is 44.4 Å². The van der Waals surface area contributed by atoms with Crippen LogP contribution < -0.4 is 5.32 Å². The number of anilines is 2. The van der Waals surface area contributed by atoms with Crippen molar-refractivity contribution in [1.82, 2.24) is 15.0 Å². The molecule has 3 heterocycles. The van der Waals surface area contributed by atoms with Crippen LogP contribution in [0.4, 0.5) is 24.8 Å². The zero-order valence-corrected chi connectivity index (χ0v) is 19.0. The molecule has 1 saturated carbocycles. The molecule has 3 N–H and O–H groups in total. The average molecular weight is 493 g/mol. The molecule has 3 aromatic rings. The fraction of sp³-hybridized carbons (Fsp3) is 0.391. The minimum Gasteiger partial charge on any atom is -0.481 e. The van der Waals surface area contributed by atoms with E-state index in [-0.39, 0.29) is 17.7 Å². The van der Waals surface area contributed by atoms with Crippen molar-refractivity contribution in [3.05, 3.63) is 53.3 Å². The summed E-state index contributed by atoms with van der Waals surface area (Å²) < 4.78 is 38.9. The molecule has 1 aliphatic carbocycles. The molecule has 0 radical (unpaired) electrons. The molecule has 1 fully saturated rings. The number of carbonyl (C=O) groups is 1. The van der Waals surface area contributed by atoms with Crippen LogP contribution in [-0.2, 0) is 16.6 Å². The van der Waals surface area contributed by atoms with Crippen LogP contribution in [0.15, 0.2) is 42.7 Å². The molecule has 0 aromatic carbocycles. The SMILES string of the molecule is C[C@@](O)(c1ncc(-c2cccc(Nc3cc(C(F)(F)F)ccn3)n2)s1)[C@H]1CC[C@H](C(=O)O)CC1. The van der Waals surface area contributed by atoms with Gasteiger partial charge in [0.25, 0.3) is 0 Å². The Morgan fingerprint density at radius 1 is 1.12 bits per heavy atom. The Hall–Kier alpha value is -3.05. The Bertz CT molecular complexity index is 1170. The second-order valence-corrected chi connectivity index (χ2v) is 9.56. The van der Waals surface area contributed by atoms with Gasteiger partial charge in [-0.25, -0.2) is 15.0 Å². The fourth-order valence-electron chi connectivity index (χ4n) is 4.15. The van der Waals surface area contributed by atoms with Crippen molar-refractivity contribution >= 4 is 28.9 Å². The van der Waals surface area contributed by atoms with Gasteiger partial charge in [-0.3, -0.25) is 4.79 Å². The van der Waals surface area contributed by atoms with Crippen LogP contribution in [-0.4, -0.2) is 31.1 Å². The van der Waals surface area contributed by atoms with Crippen molar-refractivity contribution in [1.29, 1.82) is 0 Å². The summed E-state index contributed by atoms with van der Waals surface area (Å²) >= 11 is 1.28. The molecule has 0 spiro atoms. The Labute approximate surface area is 197 Å². The van der Waals surface area contributed by atoms with Gasteiger partial charge in [-0.1, -0.05) is 6.07 Å². The van der Waals surface area contributed by atoms with Crippen molar-refractivity contribution in [2.75, 3.05) is 5.32 Å². The van der Waals surface area contributed by atoms with E-state index in [9.17, 15) is 28.2 Å². The second-order valence-electron chi connectivity index (χ2n) is 8.52. The van der Waals surface area contributed by atoms with E-state index < -0.39 is 23.3 Å². The molecule has 0 amide bonds. The van der Waals surface area contributed by atoms with Gasteiger partial charge < -0.3 is 15.5 Å². The number of rotatable bonds is 6. The highest BCUT2D eigenvalue weighted by Crippen LogP contribution is 2.43. The van der Waals surface area contributed by atoms with E-state index in [1.807, 2.05) is 0 Å². The van der Waals surface area contributed by atoms with E-state index in [2.05, 4.69) is 20.3 Å². The quantitative estimate of drug-likeness (QED) is 0.419. The van der Waals surface area contributed by atoms with E-state index >= 15 is 0 Å². The van der Waals surface area contributed by atoms with E-state index in [1.54, 1.807) is 31.3 Å². The number of aliphatic carboxylic acids is 1. The molecule has 0 saturated heterocycles. The van der Waals surface area contributed by atoms with Gasteiger partial charge >= 0.3 is 12.1 Å². The summed E-state index contributed by atoms with van der Waals surface area (Å²) in [5.41, 5.74) is -1.47.